The number of nitrogens with one attached hydrogen (secondary N) is 1. The van der Waals surface area contributed by atoms with E-state index in [0.29, 0.717) is 25.3 Å². The van der Waals surface area contributed by atoms with Crippen LogP contribution in [0.15, 0.2) is 78.9 Å². The predicted octanol–water partition coefficient (Wildman–Crippen LogP) is 3.68. The minimum absolute atomic E-state index is 0.0405. The smallest absolute Gasteiger partial charge is 0.254 e. The number of rotatable bonds is 6. The summed E-state index contributed by atoms with van der Waals surface area (Å²) in [5.74, 6) is -0.155. The molecule has 0 bridgehead atoms. The number of fused-ring (bicyclic) bond motifs is 1. The highest BCUT2D eigenvalue weighted by molar-refractivity contribution is 5.94. The molecule has 0 spiro atoms. The molecule has 30 heavy (non-hydrogen) atoms. The summed E-state index contributed by atoms with van der Waals surface area (Å²) in [6.07, 6.45) is 1.05. The fraction of sp³-hybridized carbons (Fsp3) is 0.200. The van der Waals surface area contributed by atoms with Crippen molar-refractivity contribution in [2.24, 2.45) is 0 Å². The molecule has 3 aromatic carbocycles. The van der Waals surface area contributed by atoms with E-state index in [4.69, 9.17) is 4.84 Å². The summed E-state index contributed by atoms with van der Waals surface area (Å²) in [5.41, 5.74) is 7.44. The maximum absolute atomic E-state index is 12.8. The molecule has 0 saturated heterocycles. The van der Waals surface area contributed by atoms with Crippen molar-refractivity contribution in [1.29, 1.82) is 0 Å². The maximum atomic E-state index is 12.8. The Labute approximate surface area is 176 Å². The van der Waals surface area contributed by atoms with Gasteiger partial charge in [-0.05, 0) is 40.8 Å². The molecule has 0 atom stereocenters. The van der Waals surface area contributed by atoms with Crippen LogP contribution in [0.1, 0.15) is 32.6 Å². The van der Waals surface area contributed by atoms with Gasteiger partial charge in [-0.3, -0.25) is 14.4 Å². The molecule has 0 saturated carbocycles. The van der Waals surface area contributed by atoms with E-state index in [1.807, 2.05) is 77.7 Å². The van der Waals surface area contributed by atoms with E-state index in [-0.39, 0.29) is 18.2 Å². The van der Waals surface area contributed by atoms with Gasteiger partial charge in [0.05, 0.1) is 13.0 Å². The Hall–Kier alpha value is -3.44. The Morgan fingerprint density at radius 1 is 0.867 bits per heavy atom. The van der Waals surface area contributed by atoms with Crippen molar-refractivity contribution in [3.8, 4) is 0 Å². The van der Waals surface area contributed by atoms with Gasteiger partial charge < -0.3 is 4.90 Å². The van der Waals surface area contributed by atoms with E-state index in [9.17, 15) is 9.59 Å². The largest absolute Gasteiger partial charge is 0.334 e. The first kappa shape index (κ1) is 19.9. The standard InChI is InChI=1S/C25H24N2O3/c28-24(26-30-18-19-7-3-1-4-8-19)16-20-11-12-21-13-14-27(17-23(21)15-20)25(29)22-9-5-2-6-10-22/h1-12,15H,13-14,16-18H2,(H,26,28). The summed E-state index contributed by atoms with van der Waals surface area (Å²) >= 11 is 0. The van der Waals surface area contributed by atoms with Crippen molar-refractivity contribution in [2.45, 2.75) is 26.0 Å². The molecule has 4 rings (SSSR count). The van der Waals surface area contributed by atoms with Crippen LogP contribution < -0.4 is 5.48 Å². The first-order valence-electron chi connectivity index (χ1n) is 10.1. The number of carbonyl (C=O) groups excluding carboxylic acids is 2. The zero-order valence-corrected chi connectivity index (χ0v) is 16.7. The number of amides is 2. The van der Waals surface area contributed by atoms with E-state index in [2.05, 4.69) is 11.5 Å². The number of hydrogen-bond donors (Lipinski definition) is 1. The lowest BCUT2D eigenvalue weighted by Crippen LogP contribution is -2.36. The number of nitrogens with zero attached hydrogens (tertiary/aromatic N) is 1. The van der Waals surface area contributed by atoms with E-state index >= 15 is 0 Å². The lowest BCUT2D eigenvalue weighted by atomic mass is 9.96. The van der Waals surface area contributed by atoms with Gasteiger partial charge >= 0.3 is 0 Å². The minimum Gasteiger partial charge on any atom is -0.334 e. The lowest BCUT2D eigenvalue weighted by molar-refractivity contribution is -0.133. The fourth-order valence-corrected chi connectivity index (χ4v) is 3.65. The molecular formula is C25H24N2O3. The second kappa shape index (κ2) is 9.37. The predicted molar refractivity (Wildman–Crippen MR) is 114 cm³/mol. The first-order valence-corrected chi connectivity index (χ1v) is 10.1. The van der Waals surface area contributed by atoms with E-state index < -0.39 is 0 Å². The molecule has 0 fully saturated rings. The van der Waals surface area contributed by atoms with E-state index in [0.717, 1.165) is 23.1 Å². The van der Waals surface area contributed by atoms with Crippen LogP contribution in [-0.2, 0) is 35.6 Å². The second-order valence-corrected chi connectivity index (χ2v) is 7.42. The van der Waals surface area contributed by atoms with Gasteiger partial charge in [0.25, 0.3) is 5.91 Å². The third kappa shape index (κ3) is 4.93. The van der Waals surface area contributed by atoms with Gasteiger partial charge in [-0.25, -0.2) is 5.48 Å². The van der Waals surface area contributed by atoms with Crippen LogP contribution in [-0.4, -0.2) is 23.3 Å². The summed E-state index contributed by atoms with van der Waals surface area (Å²) in [4.78, 5) is 32.2. The highest BCUT2D eigenvalue weighted by atomic mass is 16.6. The van der Waals surface area contributed by atoms with Crippen molar-refractivity contribution >= 4 is 11.8 Å². The SMILES string of the molecule is O=C(Cc1ccc2c(c1)CN(C(=O)c1ccccc1)CC2)NOCc1ccccc1. The molecule has 1 N–H and O–H groups in total. The van der Waals surface area contributed by atoms with Gasteiger partial charge in [-0.15, -0.1) is 0 Å². The van der Waals surface area contributed by atoms with Crippen molar-refractivity contribution in [1.82, 2.24) is 10.4 Å². The van der Waals surface area contributed by atoms with Crippen LogP contribution in [0, 0.1) is 0 Å². The zero-order valence-electron chi connectivity index (χ0n) is 16.7. The van der Waals surface area contributed by atoms with Crippen molar-refractivity contribution in [2.75, 3.05) is 6.54 Å². The van der Waals surface area contributed by atoms with Gasteiger partial charge in [0, 0.05) is 18.7 Å². The number of benzene rings is 3. The number of hydroxylamine groups is 1. The van der Waals surface area contributed by atoms with Gasteiger partial charge in [0.1, 0.15) is 0 Å². The van der Waals surface area contributed by atoms with Crippen LogP contribution in [0.4, 0.5) is 0 Å². The molecule has 1 aliphatic heterocycles. The Kier molecular flexibility index (Phi) is 6.20. The molecule has 5 nitrogen and oxygen atoms in total. The van der Waals surface area contributed by atoms with E-state index in [1.165, 1.54) is 5.56 Å². The highest BCUT2D eigenvalue weighted by Gasteiger charge is 2.22. The second-order valence-electron chi connectivity index (χ2n) is 7.42. The molecule has 2 amide bonds. The summed E-state index contributed by atoms with van der Waals surface area (Å²) < 4.78 is 0. The summed E-state index contributed by atoms with van der Waals surface area (Å²) in [6, 6.07) is 25.1. The van der Waals surface area contributed by atoms with Gasteiger partial charge in [-0.1, -0.05) is 66.7 Å². The summed E-state index contributed by atoms with van der Waals surface area (Å²) in [5, 5.41) is 0. The maximum Gasteiger partial charge on any atom is 0.254 e. The van der Waals surface area contributed by atoms with Crippen LogP contribution in [0.3, 0.4) is 0 Å². The summed E-state index contributed by atoms with van der Waals surface area (Å²) in [7, 11) is 0. The fourth-order valence-electron chi connectivity index (χ4n) is 3.65. The van der Waals surface area contributed by atoms with Crippen LogP contribution in [0.2, 0.25) is 0 Å². The average Bonchev–Trinajstić information content (AvgIpc) is 2.79. The Bertz CT molecular complexity index is 1020. The zero-order chi connectivity index (χ0) is 20.8. The minimum atomic E-state index is -0.195. The normalized spacial score (nSPS) is 12.9. The topological polar surface area (TPSA) is 58.6 Å². The Morgan fingerprint density at radius 2 is 1.60 bits per heavy atom. The van der Waals surface area contributed by atoms with Crippen LogP contribution >= 0.6 is 0 Å². The van der Waals surface area contributed by atoms with Crippen LogP contribution in [0.5, 0.6) is 0 Å². The monoisotopic (exact) mass is 400 g/mol. The van der Waals surface area contributed by atoms with Crippen molar-refractivity contribution < 1.29 is 14.4 Å². The van der Waals surface area contributed by atoms with E-state index in [1.54, 1.807) is 0 Å². The third-order valence-electron chi connectivity index (χ3n) is 5.22. The van der Waals surface area contributed by atoms with Crippen LogP contribution in [0.25, 0.3) is 0 Å². The van der Waals surface area contributed by atoms with Gasteiger partial charge in [-0.2, -0.15) is 0 Å². The number of hydrogen-bond acceptors (Lipinski definition) is 3. The molecular weight excluding hydrogens is 376 g/mol. The Morgan fingerprint density at radius 3 is 2.37 bits per heavy atom. The lowest BCUT2D eigenvalue weighted by Gasteiger charge is -2.29. The molecule has 0 aromatic heterocycles. The molecule has 3 aromatic rings. The molecule has 0 unspecified atom stereocenters. The van der Waals surface area contributed by atoms with Gasteiger partial charge in [0.2, 0.25) is 5.91 Å². The first-order chi connectivity index (χ1) is 14.7. The van der Waals surface area contributed by atoms with Crippen molar-refractivity contribution in [3.63, 3.8) is 0 Å². The third-order valence-corrected chi connectivity index (χ3v) is 5.22. The molecule has 5 heteroatoms. The van der Waals surface area contributed by atoms with Crippen molar-refractivity contribution in [3.05, 3.63) is 107 Å². The Balaban J connectivity index is 1.34. The molecule has 0 aliphatic carbocycles. The average molecular weight is 400 g/mol. The van der Waals surface area contributed by atoms with Gasteiger partial charge in [0.15, 0.2) is 0 Å². The molecule has 0 radical (unpaired) electrons. The molecule has 152 valence electrons. The highest BCUT2D eigenvalue weighted by Crippen LogP contribution is 2.22. The number of carbonyl (C=O) groups is 2. The molecule has 1 aliphatic rings. The summed E-state index contributed by atoms with van der Waals surface area (Å²) in [6.45, 7) is 1.59. The molecule has 1 heterocycles. The quantitative estimate of drug-likeness (QED) is 0.642.